The van der Waals surface area contributed by atoms with Gasteiger partial charge in [0, 0.05) is 11.8 Å². The topological polar surface area (TPSA) is 64.3 Å². The molecule has 2 rings (SSSR count). The molecule has 108 valence electrons. The van der Waals surface area contributed by atoms with Gasteiger partial charge in [0.2, 0.25) is 0 Å². The Morgan fingerprint density at radius 3 is 3.00 bits per heavy atom. The highest BCUT2D eigenvalue weighted by molar-refractivity contribution is 7.14. The van der Waals surface area contributed by atoms with Crippen LogP contribution < -0.4 is 15.8 Å². The van der Waals surface area contributed by atoms with Gasteiger partial charge in [-0.3, -0.25) is 4.79 Å². The Morgan fingerprint density at radius 1 is 1.38 bits per heavy atom. The molecule has 0 aliphatic rings. The lowest BCUT2D eigenvalue weighted by atomic mass is 10.3. The Hall–Kier alpha value is -2.29. The van der Waals surface area contributed by atoms with Gasteiger partial charge in [0.25, 0.3) is 5.91 Å². The molecule has 21 heavy (non-hydrogen) atoms. The number of carbonyl (C=O) groups excluding carboxylic acids is 1. The smallest absolute Gasteiger partial charge is 0.265 e. The van der Waals surface area contributed by atoms with Crippen LogP contribution in [0, 0.1) is 11.8 Å². The summed E-state index contributed by atoms with van der Waals surface area (Å²) in [6.45, 7) is 2.82. The standard InChI is InChI=1S/C16H16N2O2S/c1-2-20-13-6-3-5-12(11-13)18-16(19)15-9-8-14(21-15)7-4-10-17/h3,5-6,8-9,11H,2,10,17H2,1H3,(H,18,19). The molecule has 2 aromatic rings. The van der Waals surface area contributed by atoms with Crippen molar-refractivity contribution >= 4 is 22.9 Å². The number of nitrogens with one attached hydrogen (secondary N) is 1. The Morgan fingerprint density at radius 2 is 2.24 bits per heavy atom. The van der Waals surface area contributed by atoms with Crippen LogP contribution in [-0.2, 0) is 0 Å². The van der Waals surface area contributed by atoms with E-state index in [-0.39, 0.29) is 5.91 Å². The first-order valence-corrected chi connectivity index (χ1v) is 7.37. The maximum absolute atomic E-state index is 12.2. The Kier molecular flexibility index (Phi) is 5.38. The second kappa shape index (κ2) is 7.48. The number of hydrogen-bond donors (Lipinski definition) is 2. The molecule has 1 aromatic heterocycles. The molecule has 0 atom stereocenters. The van der Waals surface area contributed by atoms with Gasteiger partial charge in [-0.15, -0.1) is 11.3 Å². The fourth-order valence-corrected chi connectivity index (χ4v) is 2.46. The van der Waals surface area contributed by atoms with Crippen LogP contribution >= 0.6 is 11.3 Å². The Bertz CT molecular complexity index is 683. The minimum Gasteiger partial charge on any atom is -0.494 e. The highest BCUT2D eigenvalue weighted by Gasteiger charge is 2.09. The summed E-state index contributed by atoms with van der Waals surface area (Å²) >= 11 is 1.34. The van der Waals surface area contributed by atoms with Crippen molar-refractivity contribution in [2.24, 2.45) is 5.73 Å². The van der Waals surface area contributed by atoms with E-state index in [0.29, 0.717) is 23.7 Å². The number of benzene rings is 1. The van der Waals surface area contributed by atoms with Crippen molar-refractivity contribution in [2.45, 2.75) is 6.92 Å². The Balaban J connectivity index is 2.07. The summed E-state index contributed by atoms with van der Waals surface area (Å²) in [4.78, 5) is 13.6. The molecule has 1 aromatic carbocycles. The molecule has 3 N–H and O–H groups in total. The van der Waals surface area contributed by atoms with E-state index in [4.69, 9.17) is 10.5 Å². The van der Waals surface area contributed by atoms with Gasteiger partial charge in [0.1, 0.15) is 5.75 Å². The second-order valence-corrected chi connectivity index (χ2v) is 5.17. The quantitative estimate of drug-likeness (QED) is 0.853. The molecule has 0 bridgehead atoms. The third-order valence-corrected chi connectivity index (χ3v) is 3.55. The minimum absolute atomic E-state index is 0.158. The van der Waals surface area contributed by atoms with Crippen molar-refractivity contribution in [3.8, 4) is 17.6 Å². The predicted molar refractivity (Wildman–Crippen MR) is 85.8 cm³/mol. The van der Waals surface area contributed by atoms with Gasteiger partial charge in [0.05, 0.1) is 22.9 Å². The minimum atomic E-state index is -0.158. The predicted octanol–water partition coefficient (Wildman–Crippen LogP) is 2.71. The highest BCUT2D eigenvalue weighted by atomic mass is 32.1. The lowest BCUT2D eigenvalue weighted by Crippen LogP contribution is -2.10. The SMILES string of the molecule is CCOc1cccc(NC(=O)c2ccc(C#CCN)s2)c1. The molecule has 1 heterocycles. The zero-order valence-corrected chi connectivity index (χ0v) is 12.5. The third-order valence-electron chi connectivity index (χ3n) is 2.55. The molecular weight excluding hydrogens is 284 g/mol. The van der Waals surface area contributed by atoms with E-state index in [1.165, 1.54) is 11.3 Å². The molecule has 4 nitrogen and oxygen atoms in total. The van der Waals surface area contributed by atoms with Gasteiger partial charge in [-0.05, 0) is 31.2 Å². The molecule has 0 saturated carbocycles. The van der Waals surface area contributed by atoms with Gasteiger partial charge in [-0.25, -0.2) is 0 Å². The monoisotopic (exact) mass is 300 g/mol. The van der Waals surface area contributed by atoms with Crippen LogP contribution in [0.4, 0.5) is 5.69 Å². The molecule has 0 aliphatic heterocycles. The van der Waals surface area contributed by atoms with Crippen molar-refractivity contribution in [1.29, 1.82) is 0 Å². The van der Waals surface area contributed by atoms with Crippen molar-refractivity contribution < 1.29 is 9.53 Å². The van der Waals surface area contributed by atoms with Gasteiger partial charge in [-0.2, -0.15) is 0 Å². The Labute approximate surface area is 127 Å². The molecule has 0 saturated heterocycles. The molecule has 0 spiro atoms. The molecule has 5 heteroatoms. The first-order chi connectivity index (χ1) is 10.2. The molecule has 0 radical (unpaired) electrons. The second-order valence-electron chi connectivity index (χ2n) is 4.08. The fraction of sp³-hybridized carbons (Fsp3) is 0.188. The van der Waals surface area contributed by atoms with E-state index in [2.05, 4.69) is 17.2 Å². The van der Waals surface area contributed by atoms with Gasteiger partial charge < -0.3 is 15.8 Å². The number of ether oxygens (including phenoxy) is 1. The summed E-state index contributed by atoms with van der Waals surface area (Å²) < 4.78 is 5.40. The van der Waals surface area contributed by atoms with Gasteiger partial charge in [0.15, 0.2) is 0 Å². The first kappa shape index (κ1) is 15.1. The maximum Gasteiger partial charge on any atom is 0.265 e. The first-order valence-electron chi connectivity index (χ1n) is 6.56. The number of thiophene rings is 1. The molecule has 0 aliphatic carbocycles. The van der Waals surface area contributed by atoms with Crippen LogP contribution in [0.5, 0.6) is 5.75 Å². The van der Waals surface area contributed by atoms with Gasteiger partial charge >= 0.3 is 0 Å². The number of nitrogens with two attached hydrogens (primary N) is 1. The zero-order chi connectivity index (χ0) is 15.1. The van der Waals surface area contributed by atoms with E-state index in [0.717, 1.165) is 10.6 Å². The van der Waals surface area contributed by atoms with Crippen LogP contribution in [0.1, 0.15) is 21.5 Å². The largest absolute Gasteiger partial charge is 0.494 e. The van der Waals surface area contributed by atoms with Crippen LogP contribution in [0.25, 0.3) is 0 Å². The van der Waals surface area contributed by atoms with Crippen molar-refractivity contribution in [3.05, 3.63) is 46.2 Å². The number of carbonyl (C=O) groups is 1. The van der Waals surface area contributed by atoms with Crippen molar-refractivity contribution in [3.63, 3.8) is 0 Å². The lowest BCUT2D eigenvalue weighted by Gasteiger charge is -2.06. The average molecular weight is 300 g/mol. The zero-order valence-electron chi connectivity index (χ0n) is 11.7. The van der Waals surface area contributed by atoms with E-state index in [1.807, 2.05) is 31.2 Å². The highest BCUT2D eigenvalue weighted by Crippen LogP contribution is 2.20. The van der Waals surface area contributed by atoms with Crippen molar-refractivity contribution in [2.75, 3.05) is 18.5 Å². The third kappa shape index (κ3) is 4.35. The molecule has 0 fully saturated rings. The van der Waals surface area contributed by atoms with E-state index >= 15 is 0 Å². The van der Waals surface area contributed by atoms with E-state index in [1.54, 1.807) is 12.1 Å². The summed E-state index contributed by atoms with van der Waals surface area (Å²) in [6, 6.07) is 10.9. The van der Waals surface area contributed by atoms with Crippen LogP contribution in [0.3, 0.4) is 0 Å². The molecular formula is C16H16N2O2S. The number of anilines is 1. The van der Waals surface area contributed by atoms with Crippen LogP contribution in [0.2, 0.25) is 0 Å². The van der Waals surface area contributed by atoms with Crippen LogP contribution in [0.15, 0.2) is 36.4 Å². The van der Waals surface area contributed by atoms with Crippen LogP contribution in [-0.4, -0.2) is 19.1 Å². The lowest BCUT2D eigenvalue weighted by molar-refractivity contribution is 0.103. The molecule has 1 amide bonds. The molecule has 0 unspecified atom stereocenters. The summed E-state index contributed by atoms with van der Waals surface area (Å²) in [5, 5.41) is 2.85. The summed E-state index contributed by atoms with van der Waals surface area (Å²) in [5.74, 6) is 6.26. The maximum atomic E-state index is 12.2. The van der Waals surface area contributed by atoms with Crippen molar-refractivity contribution in [1.82, 2.24) is 0 Å². The number of amides is 1. The fourth-order valence-electron chi connectivity index (χ4n) is 1.69. The summed E-state index contributed by atoms with van der Waals surface area (Å²) in [6.07, 6.45) is 0. The summed E-state index contributed by atoms with van der Waals surface area (Å²) in [5.41, 5.74) is 6.03. The average Bonchev–Trinajstić information content (AvgIpc) is 2.95. The normalized spacial score (nSPS) is 9.62. The van der Waals surface area contributed by atoms with E-state index < -0.39 is 0 Å². The van der Waals surface area contributed by atoms with Gasteiger partial charge in [-0.1, -0.05) is 17.9 Å². The summed E-state index contributed by atoms with van der Waals surface area (Å²) in [7, 11) is 0. The van der Waals surface area contributed by atoms with E-state index in [9.17, 15) is 4.79 Å². The number of rotatable bonds is 4. The number of hydrogen-bond acceptors (Lipinski definition) is 4.